The van der Waals surface area contributed by atoms with Crippen LogP contribution in [0.4, 0.5) is 0 Å². The molecule has 0 radical (unpaired) electrons. The first-order chi connectivity index (χ1) is 18.7. The molecule has 2 aliphatic rings. The smallest absolute Gasteiger partial charge is 0.320 e. The van der Waals surface area contributed by atoms with Gasteiger partial charge < -0.3 is 35.1 Å². The number of benzene rings is 1. The Hall–Kier alpha value is -2.36. The number of phenolic OH excluding ortho intramolecular Hbond substituents is 1. The molecule has 0 unspecified atom stereocenters. The molecule has 1 aromatic rings. The van der Waals surface area contributed by atoms with E-state index in [0.29, 0.717) is 31.4 Å². The number of methoxy groups -OCH3 is 1. The van der Waals surface area contributed by atoms with E-state index in [0.717, 1.165) is 57.2 Å². The minimum absolute atomic E-state index is 0.0814. The predicted octanol–water partition coefficient (Wildman–Crippen LogP) is 3.49. The van der Waals surface area contributed by atoms with Crippen molar-refractivity contribution in [2.45, 2.75) is 96.4 Å². The number of aliphatic hydroxyl groups is 1. The van der Waals surface area contributed by atoms with Gasteiger partial charge in [0.25, 0.3) is 0 Å². The topological polar surface area (TPSA) is 126 Å². The lowest BCUT2D eigenvalue weighted by Gasteiger charge is -2.53. The molecule has 1 saturated carbocycles. The van der Waals surface area contributed by atoms with E-state index in [4.69, 9.17) is 14.2 Å². The second-order valence-electron chi connectivity index (χ2n) is 11.5. The quantitative estimate of drug-likeness (QED) is 0.259. The van der Waals surface area contributed by atoms with Crippen molar-refractivity contribution in [1.82, 2.24) is 10.6 Å². The summed E-state index contributed by atoms with van der Waals surface area (Å²) in [6, 6.07) is 5.41. The van der Waals surface area contributed by atoms with Crippen molar-refractivity contribution in [1.29, 1.82) is 0 Å². The van der Waals surface area contributed by atoms with Crippen molar-refractivity contribution in [3.05, 3.63) is 23.8 Å². The average Bonchev–Trinajstić information content (AvgIpc) is 3.39. The van der Waals surface area contributed by atoms with Gasteiger partial charge in [-0.25, -0.2) is 0 Å². The van der Waals surface area contributed by atoms with Crippen molar-refractivity contribution in [3.63, 3.8) is 0 Å². The van der Waals surface area contributed by atoms with Crippen LogP contribution < -0.4 is 15.4 Å². The number of hydrogen-bond acceptors (Lipinski definition) is 9. The summed E-state index contributed by atoms with van der Waals surface area (Å²) in [5, 5.41) is 26.5. The molecule has 2 fully saturated rings. The molecule has 0 aromatic heterocycles. The normalized spacial score (nSPS) is 20.5. The minimum atomic E-state index is -0.536. The molecule has 0 spiro atoms. The summed E-state index contributed by atoms with van der Waals surface area (Å²) in [6.45, 7) is 4.87. The molecule has 1 heterocycles. The first kappa shape index (κ1) is 31.2. The lowest BCUT2D eigenvalue weighted by molar-refractivity contribution is -0.195. The maximum atomic E-state index is 13.2. The SMILES string of the molecule is CNCC(=O)O[C@@H](C1(Cc2ccc(O)c(OC)c2)CCNCC1)C1([C@@H](CCC[C@H](C)O)OC(C)=O)CCCC1. The van der Waals surface area contributed by atoms with Gasteiger partial charge in [-0.2, -0.15) is 0 Å². The van der Waals surface area contributed by atoms with Crippen LogP contribution in [0.15, 0.2) is 18.2 Å². The fourth-order valence-electron chi connectivity index (χ4n) is 6.91. The molecule has 220 valence electrons. The lowest BCUT2D eigenvalue weighted by atomic mass is 9.58. The second-order valence-corrected chi connectivity index (χ2v) is 11.5. The van der Waals surface area contributed by atoms with E-state index in [9.17, 15) is 19.8 Å². The number of esters is 2. The van der Waals surface area contributed by atoms with Gasteiger partial charge >= 0.3 is 11.9 Å². The molecule has 39 heavy (non-hydrogen) atoms. The third kappa shape index (κ3) is 7.86. The number of piperidine rings is 1. The Bertz CT molecular complexity index is 939. The lowest BCUT2D eigenvalue weighted by Crippen LogP contribution is -2.59. The molecule has 0 amide bonds. The molecule has 3 atom stereocenters. The van der Waals surface area contributed by atoms with Gasteiger partial charge in [0.1, 0.15) is 12.2 Å². The van der Waals surface area contributed by atoms with Gasteiger partial charge in [0.2, 0.25) is 0 Å². The fraction of sp³-hybridized carbons (Fsp3) is 0.733. The van der Waals surface area contributed by atoms with E-state index in [1.54, 1.807) is 20.0 Å². The molecule has 1 saturated heterocycles. The number of carbonyl (C=O) groups is 2. The van der Waals surface area contributed by atoms with Crippen LogP contribution in [0, 0.1) is 10.8 Å². The van der Waals surface area contributed by atoms with Crippen LogP contribution in [0.2, 0.25) is 0 Å². The van der Waals surface area contributed by atoms with E-state index >= 15 is 0 Å². The number of nitrogens with one attached hydrogen (secondary N) is 2. The van der Waals surface area contributed by atoms with Crippen molar-refractivity contribution in [3.8, 4) is 11.5 Å². The zero-order chi connectivity index (χ0) is 28.5. The number of likely N-dealkylation sites (N-methyl/N-ethyl adjacent to an activating group) is 1. The maximum Gasteiger partial charge on any atom is 0.320 e. The summed E-state index contributed by atoms with van der Waals surface area (Å²) in [4.78, 5) is 25.6. The van der Waals surface area contributed by atoms with Crippen LogP contribution in [0.25, 0.3) is 0 Å². The number of hydrogen-bond donors (Lipinski definition) is 4. The monoisotopic (exact) mass is 548 g/mol. The minimum Gasteiger partial charge on any atom is -0.504 e. The van der Waals surface area contributed by atoms with Crippen LogP contribution in [-0.2, 0) is 25.5 Å². The number of aromatic hydroxyl groups is 1. The third-order valence-corrected chi connectivity index (χ3v) is 8.62. The Morgan fingerprint density at radius 2 is 1.79 bits per heavy atom. The number of carbonyl (C=O) groups excluding carboxylic acids is 2. The van der Waals surface area contributed by atoms with Crippen LogP contribution in [0.1, 0.15) is 77.2 Å². The highest BCUT2D eigenvalue weighted by Crippen LogP contribution is 2.56. The zero-order valence-corrected chi connectivity index (χ0v) is 24.1. The van der Waals surface area contributed by atoms with Gasteiger partial charge in [-0.3, -0.25) is 9.59 Å². The summed E-state index contributed by atoms with van der Waals surface area (Å²) in [5.74, 6) is -0.170. The number of phenols is 1. The molecular weight excluding hydrogens is 500 g/mol. The third-order valence-electron chi connectivity index (χ3n) is 8.62. The Labute approximate surface area is 233 Å². The molecule has 1 aliphatic heterocycles. The van der Waals surface area contributed by atoms with Gasteiger partial charge in [0.05, 0.1) is 19.8 Å². The fourth-order valence-corrected chi connectivity index (χ4v) is 6.91. The Balaban J connectivity index is 2.11. The standard InChI is InChI=1S/C30H48N2O7/c1-21(33)8-7-9-26(38-22(2)34)30(12-5-6-13-30)28(39-27(36)20-31-3)29(14-16-32-17-15-29)19-23-10-11-24(35)25(18-23)37-4/h10-11,18,21,26,28,31-33,35H,5-9,12-17,19-20H2,1-4H3/t21-,26+,28-/m0/s1. The largest absolute Gasteiger partial charge is 0.504 e. The van der Waals surface area contributed by atoms with Gasteiger partial charge in [0.15, 0.2) is 11.5 Å². The molecule has 9 heteroatoms. The summed E-state index contributed by atoms with van der Waals surface area (Å²) in [6.07, 6.45) is 6.31. The summed E-state index contributed by atoms with van der Waals surface area (Å²) >= 11 is 0. The van der Waals surface area contributed by atoms with Crippen molar-refractivity contribution < 1.29 is 34.0 Å². The van der Waals surface area contributed by atoms with Crippen molar-refractivity contribution in [2.75, 3.05) is 33.8 Å². The van der Waals surface area contributed by atoms with Crippen LogP contribution in [0.5, 0.6) is 11.5 Å². The highest BCUT2D eigenvalue weighted by molar-refractivity contribution is 5.72. The van der Waals surface area contributed by atoms with Gasteiger partial charge in [-0.05, 0) is 96.1 Å². The Morgan fingerprint density at radius 1 is 1.10 bits per heavy atom. The van der Waals surface area contributed by atoms with Crippen molar-refractivity contribution >= 4 is 11.9 Å². The number of aliphatic hydroxyl groups excluding tert-OH is 1. The average molecular weight is 549 g/mol. The second kappa shape index (κ2) is 14.3. The predicted molar refractivity (Wildman–Crippen MR) is 149 cm³/mol. The highest BCUT2D eigenvalue weighted by Gasteiger charge is 2.58. The molecule has 0 bridgehead atoms. The van der Waals surface area contributed by atoms with Crippen LogP contribution >= 0.6 is 0 Å². The Kier molecular flexibility index (Phi) is 11.4. The van der Waals surface area contributed by atoms with Gasteiger partial charge in [-0.1, -0.05) is 18.9 Å². The summed E-state index contributed by atoms with van der Waals surface area (Å²) in [5.41, 5.74) is 0.0444. The molecule has 3 rings (SSSR count). The molecule has 9 nitrogen and oxygen atoms in total. The van der Waals surface area contributed by atoms with Crippen molar-refractivity contribution in [2.24, 2.45) is 10.8 Å². The number of ether oxygens (including phenoxy) is 3. The molecule has 1 aromatic carbocycles. The van der Waals surface area contributed by atoms with Crippen LogP contribution in [-0.4, -0.2) is 74.3 Å². The molecular formula is C30H48N2O7. The summed E-state index contributed by atoms with van der Waals surface area (Å²) in [7, 11) is 3.26. The Morgan fingerprint density at radius 3 is 2.38 bits per heavy atom. The molecule has 1 aliphatic carbocycles. The molecule has 4 N–H and O–H groups in total. The van der Waals surface area contributed by atoms with E-state index in [1.165, 1.54) is 14.0 Å². The highest BCUT2D eigenvalue weighted by atomic mass is 16.6. The van der Waals surface area contributed by atoms with E-state index in [1.807, 2.05) is 12.1 Å². The van der Waals surface area contributed by atoms with E-state index < -0.39 is 29.1 Å². The first-order valence-electron chi connectivity index (χ1n) is 14.4. The first-order valence-corrected chi connectivity index (χ1v) is 14.4. The summed E-state index contributed by atoms with van der Waals surface area (Å²) < 4.78 is 18.0. The zero-order valence-electron chi connectivity index (χ0n) is 24.1. The van der Waals surface area contributed by atoms with E-state index in [2.05, 4.69) is 10.6 Å². The van der Waals surface area contributed by atoms with Crippen LogP contribution in [0.3, 0.4) is 0 Å². The number of rotatable bonds is 14. The van der Waals surface area contributed by atoms with E-state index in [-0.39, 0.29) is 24.2 Å². The maximum absolute atomic E-state index is 13.2. The van der Waals surface area contributed by atoms with Gasteiger partial charge in [0, 0.05) is 17.8 Å². The van der Waals surface area contributed by atoms with Gasteiger partial charge in [-0.15, -0.1) is 0 Å².